The van der Waals surface area contributed by atoms with Crippen LogP contribution in [0.1, 0.15) is 113 Å². The van der Waals surface area contributed by atoms with Gasteiger partial charge in [0, 0.05) is 18.0 Å². The van der Waals surface area contributed by atoms with Crippen LogP contribution in [0.25, 0.3) is 0 Å². The molecule has 0 radical (unpaired) electrons. The van der Waals surface area contributed by atoms with Gasteiger partial charge in [-0.3, -0.25) is 9.59 Å². The molecule has 1 N–H and O–H groups in total. The first-order valence-corrected chi connectivity index (χ1v) is 14.0. The molecule has 0 aromatic carbocycles. The van der Waals surface area contributed by atoms with Crippen molar-refractivity contribution in [3.05, 3.63) is 11.6 Å². The average Bonchev–Trinajstić information content (AvgIpc) is 2.86. The first-order chi connectivity index (χ1) is 16.6. The summed E-state index contributed by atoms with van der Waals surface area (Å²) in [6, 6.07) is -0.804. The Morgan fingerprint density at radius 2 is 1.66 bits per heavy atom. The third kappa shape index (κ3) is 8.64. The van der Waals surface area contributed by atoms with E-state index in [1.807, 2.05) is 19.9 Å². The zero-order valence-electron chi connectivity index (χ0n) is 23.7. The molecule has 0 aromatic heterocycles. The van der Waals surface area contributed by atoms with Crippen molar-refractivity contribution >= 4 is 17.8 Å². The Bertz CT molecular complexity index is 705. The molecule has 0 aliphatic heterocycles. The van der Waals surface area contributed by atoms with Crippen LogP contribution in [0.4, 0.5) is 0 Å². The topological polar surface area (TPSA) is 75.7 Å². The van der Waals surface area contributed by atoms with E-state index < -0.39 is 11.5 Å². The number of carbonyl (C=O) groups is 3. The van der Waals surface area contributed by atoms with Crippen LogP contribution in [0.3, 0.4) is 0 Å². The van der Waals surface area contributed by atoms with Crippen LogP contribution in [0.5, 0.6) is 0 Å². The molecule has 2 amide bonds. The number of hydrogen-bond donors (Lipinski definition) is 1. The SMILES string of the molecule is CCCCC(CC)(CC)C(=O)N[C@H](C(=O)N(C)[C@H](/C=C(\C)C(=O)OCC)C(C)C)C1CCCCC1. The van der Waals surface area contributed by atoms with Gasteiger partial charge in [-0.15, -0.1) is 0 Å². The molecule has 0 bridgehead atoms. The molecule has 1 saturated carbocycles. The summed E-state index contributed by atoms with van der Waals surface area (Å²) in [5.41, 5.74) is 0.0682. The summed E-state index contributed by atoms with van der Waals surface area (Å²) in [4.78, 5) is 41.7. The molecule has 1 fully saturated rings. The van der Waals surface area contributed by atoms with Crippen LogP contribution in [0.2, 0.25) is 0 Å². The van der Waals surface area contributed by atoms with E-state index in [1.54, 1.807) is 25.8 Å². The second-order valence-electron chi connectivity index (χ2n) is 10.7. The van der Waals surface area contributed by atoms with Crippen molar-refractivity contribution < 1.29 is 19.1 Å². The highest BCUT2D eigenvalue weighted by Gasteiger charge is 2.40. The Morgan fingerprint density at radius 1 is 1.06 bits per heavy atom. The van der Waals surface area contributed by atoms with Crippen LogP contribution >= 0.6 is 0 Å². The van der Waals surface area contributed by atoms with Crippen molar-refractivity contribution in [1.29, 1.82) is 0 Å². The predicted octanol–water partition coefficient (Wildman–Crippen LogP) is 6.04. The van der Waals surface area contributed by atoms with Gasteiger partial charge in [-0.1, -0.05) is 72.8 Å². The second kappa shape index (κ2) is 15.3. The first-order valence-electron chi connectivity index (χ1n) is 14.0. The lowest BCUT2D eigenvalue weighted by Gasteiger charge is -2.39. The van der Waals surface area contributed by atoms with Gasteiger partial charge < -0.3 is 15.0 Å². The number of esters is 1. The molecule has 0 heterocycles. The number of likely N-dealkylation sites (N-methyl/N-ethyl adjacent to an activating group) is 1. The summed E-state index contributed by atoms with van der Waals surface area (Å²) >= 11 is 0. The maximum absolute atomic E-state index is 14.0. The van der Waals surface area contributed by atoms with Gasteiger partial charge in [-0.05, 0) is 57.8 Å². The zero-order valence-corrected chi connectivity index (χ0v) is 23.7. The quantitative estimate of drug-likeness (QED) is 0.237. The second-order valence-corrected chi connectivity index (χ2v) is 10.7. The van der Waals surface area contributed by atoms with E-state index in [-0.39, 0.29) is 35.7 Å². The summed E-state index contributed by atoms with van der Waals surface area (Å²) in [5.74, 6) is -0.155. The normalized spacial score (nSPS) is 17.1. The van der Waals surface area contributed by atoms with Gasteiger partial charge in [-0.25, -0.2) is 4.79 Å². The Hall–Kier alpha value is -1.85. The van der Waals surface area contributed by atoms with Crippen molar-refractivity contribution in [2.45, 2.75) is 125 Å². The molecular weight excluding hydrogens is 440 g/mol. The maximum Gasteiger partial charge on any atom is 0.333 e. The molecule has 1 aliphatic carbocycles. The molecule has 0 saturated heterocycles. The largest absolute Gasteiger partial charge is 0.463 e. The lowest BCUT2D eigenvalue weighted by molar-refractivity contribution is -0.142. The monoisotopic (exact) mass is 492 g/mol. The molecule has 0 unspecified atom stereocenters. The fraction of sp³-hybridized carbons (Fsp3) is 0.828. The van der Waals surface area contributed by atoms with Crippen LogP contribution in [-0.4, -0.2) is 48.4 Å². The predicted molar refractivity (Wildman–Crippen MR) is 143 cm³/mol. The molecule has 202 valence electrons. The average molecular weight is 493 g/mol. The van der Waals surface area contributed by atoms with Crippen LogP contribution in [-0.2, 0) is 19.1 Å². The Labute approximate surface area is 214 Å². The third-order valence-corrected chi connectivity index (χ3v) is 8.01. The van der Waals surface area contributed by atoms with Gasteiger partial charge >= 0.3 is 5.97 Å². The van der Waals surface area contributed by atoms with E-state index in [1.165, 1.54) is 6.42 Å². The summed E-state index contributed by atoms with van der Waals surface area (Å²) in [5, 5.41) is 3.27. The van der Waals surface area contributed by atoms with Gasteiger partial charge in [0.2, 0.25) is 11.8 Å². The molecular formula is C29H52N2O4. The molecule has 1 aliphatic rings. The van der Waals surface area contributed by atoms with E-state index in [0.29, 0.717) is 12.2 Å². The van der Waals surface area contributed by atoms with Crippen molar-refractivity contribution in [2.24, 2.45) is 17.3 Å². The minimum atomic E-state index is -0.538. The number of hydrogen-bond acceptors (Lipinski definition) is 4. The Kier molecular flexibility index (Phi) is 13.6. The third-order valence-electron chi connectivity index (χ3n) is 8.01. The summed E-state index contributed by atoms with van der Waals surface area (Å²) < 4.78 is 5.15. The Balaban J connectivity index is 3.27. The van der Waals surface area contributed by atoms with Crippen molar-refractivity contribution in [1.82, 2.24) is 10.2 Å². The van der Waals surface area contributed by atoms with E-state index in [0.717, 1.165) is 57.8 Å². The van der Waals surface area contributed by atoms with Gasteiger partial charge in [-0.2, -0.15) is 0 Å². The zero-order chi connectivity index (χ0) is 26.6. The summed E-state index contributed by atoms with van der Waals surface area (Å²) in [6.45, 7) is 14.2. The minimum absolute atomic E-state index is 0.0209. The van der Waals surface area contributed by atoms with Gasteiger partial charge in [0.05, 0.1) is 12.6 Å². The summed E-state index contributed by atoms with van der Waals surface area (Å²) in [7, 11) is 1.80. The highest BCUT2D eigenvalue weighted by atomic mass is 16.5. The minimum Gasteiger partial charge on any atom is -0.463 e. The van der Waals surface area contributed by atoms with E-state index in [9.17, 15) is 14.4 Å². The first kappa shape index (κ1) is 31.2. The molecule has 2 atom stereocenters. The molecule has 6 nitrogen and oxygen atoms in total. The lowest BCUT2D eigenvalue weighted by atomic mass is 9.76. The van der Waals surface area contributed by atoms with E-state index >= 15 is 0 Å². The van der Waals surface area contributed by atoms with Gasteiger partial charge in [0.25, 0.3) is 0 Å². The van der Waals surface area contributed by atoms with Crippen LogP contribution in [0.15, 0.2) is 11.6 Å². The smallest absolute Gasteiger partial charge is 0.333 e. The molecule has 6 heteroatoms. The van der Waals surface area contributed by atoms with Crippen LogP contribution in [0, 0.1) is 17.3 Å². The maximum atomic E-state index is 14.0. The molecule has 0 aromatic rings. The Morgan fingerprint density at radius 3 is 2.14 bits per heavy atom. The number of nitrogens with one attached hydrogen (secondary N) is 1. The highest BCUT2D eigenvalue weighted by molar-refractivity contribution is 5.91. The lowest BCUT2D eigenvalue weighted by Crippen LogP contribution is -2.57. The fourth-order valence-corrected chi connectivity index (χ4v) is 5.38. The van der Waals surface area contributed by atoms with Gasteiger partial charge in [0.1, 0.15) is 6.04 Å². The number of ether oxygens (including phenoxy) is 1. The van der Waals surface area contributed by atoms with E-state index in [2.05, 4.69) is 26.1 Å². The highest BCUT2D eigenvalue weighted by Crippen LogP contribution is 2.35. The molecule has 35 heavy (non-hydrogen) atoms. The fourth-order valence-electron chi connectivity index (χ4n) is 5.38. The van der Waals surface area contributed by atoms with Crippen LogP contribution < -0.4 is 5.32 Å². The number of amides is 2. The number of unbranched alkanes of at least 4 members (excludes halogenated alkanes) is 1. The summed E-state index contributed by atoms with van der Waals surface area (Å²) in [6.07, 6.45) is 11.5. The molecule has 1 rings (SSSR count). The number of rotatable bonds is 14. The standard InChI is InChI=1S/C29H52N2O4/c1-9-13-19-29(10-2,11-3)28(34)30-25(23-17-15-14-16-18-23)26(32)31(8)24(21(5)6)20-22(7)27(33)35-12-4/h20-21,23-25H,9-19H2,1-8H3,(H,30,34)/b22-20+/t24-,25+/m1/s1. The van der Waals surface area contributed by atoms with Gasteiger partial charge in [0.15, 0.2) is 0 Å². The van der Waals surface area contributed by atoms with Crippen molar-refractivity contribution in [2.75, 3.05) is 13.7 Å². The molecule has 0 spiro atoms. The van der Waals surface area contributed by atoms with Crippen molar-refractivity contribution in [3.8, 4) is 0 Å². The van der Waals surface area contributed by atoms with Crippen molar-refractivity contribution in [3.63, 3.8) is 0 Å². The van der Waals surface area contributed by atoms with E-state index in [4.69, 9.17) is 4.74 Å². The number of nitrogens with zero attached hydrogens (tertiary/aromatic N) is 1. The number of carbonyl (C=O) groups excluding carboxylic acids is 3.